The molecule has 2 aromatic rings. The first-order chi connectivity index (χ1) is 9.16. The molecule has 1 aromatic carbocycles. The van der Waals surface area contributed by atoms with Crippen molar-refractivity contribution in [2.24, 2.45) is 0 Å². The Morgan fingerprint density at radius 1 is 1.21 bits per heavy atom. The van der Waals surface area contributed by atoms with Gasteiger partial charge in [-0.15, -0.1) is 11.3 Å². The Morgan fingerprint density at radius 3 is 2.47 bits per heavy atom. The van der Waals surface area contributed by atoms with Gasteiger partial charge in [-0.05, 0) is 22.6 Å². The van der Waals surface area contributed by atoms with E-state index in [1.807, 2.05) is 35.7 Å². The van der Waals surface area contributed by atoms with Gasteiger partial charge in [0, 0.05) is 19.4 Å². The van der Waals surface area contributed by atoms with Crippen LogP contribution >= 0.6 is 11.3 Å². The molecular formula is C15H15NO2S. The van der Waals surface area contributed by atoms with Crippen molar-refractivity contribution in [3.05, 3.63) is 57.8 Å². The molecule has 0 spiro atoms. The molecule has 3 nitrogen and oxygen atoms in total. The minimum atomic E-state index is -0.851. The molecule has 19 heavy (non-hydrogen) atoms. The van der Waals surface area contributed by atoms with E-state index in [1.165, 1.54) is 22.5 Å². The first kappa shape index (κ1) is 12.4. The Bertz CT molecular complexity index is 567. The van der Waals surface area contributed by atoms with E-state index in [9.17, 15) is 9.90 Å². The van der Waals surface area contributed by atoms with Crippen molar-refractivity contribution in [1.29, 1.82) is 0 Å². The van der Waals surface area contributed by atoms with Crippen LogP contribution in [0.15, 0.2) is 41.8 Å². The maximum Gasteiger partial charge on any atom is 0.261 e. The molecule has 0 unspecified atom stereocenters. The average molecular weight is 273 g/mol. The topological polar surface area (TPSA) is 49.3 Å². The summed E-state index contributed by atoms with van der Waals surface area (Å²) in [5.74, 6) is -0.112. The van der Waals surface area contributed by atoms with Crippen LogP contribution in [0.1, 0.15) is 20.8 Å². The van der Waals surface area contributed by atoms with Crippen molar-refractivity contribution in [1.82, 2.24) is 5.32 Å². The SMILES string of the molecule is O=C(NCC1(O)Cc2ccccc2C1)c1cccs1. The van der Waals surface area contributed by atoms with E-state index < -0.39 is 5.60 Å². The molecule has 2 N–H and O–H groups in total. The molecule has 0 saturated heterocycles. The van der Waals surface area contributed by atoms with Gasteiger partial charge < -0.3 is 10.4 Å². The highest BCUT2D eigenvalue weighted by Crippen LogP contribution is 2.29. The van der Waals surface area contributed by atoms with Crippen molar-refractivity contribution < 1.29 is 9.90 Å². The van der Waals surface area contributed by atoms with Gasteiger partial charge in [-0.2, -0.15) is 0 Å². The first-order valence-corrected chi connectivity index (χ1v) is 7.15. The molecule has 1 aliphatic rings. The van der Waals surface area contributed by atoms with E-state index in [1.54, 1.807) is 6.07 Å². The third-order valence-electron chi connectivity index (χ3n) is 3.48. The molecule has 4 heteroatoms. The van der Waals surface area contributed by atoms with E-state index in [-0.39, 0.29) is 5.91 Å². The molecule has 0 radical (unpaired) electrons. The zero-order chi connectivity index (χ0) is 13.3. The second-order valence-electron chi connectivity index (χ2n) is 5.01. The van der Waals surface area contributed by atoms with Crippen molar-refractivity contribution in [2.75, 3.05) is 6.54 Å². The molecule has 98 valence electrons. The van der Waals surface area contributed by atoms with E-state index in [4.69, 9.17) is 0 Å². The lowest BCUT2D eigenvalue weighted by Gasteiger charge is -2.22. The fourth-order valence-corrected chi connectivity index (χ4v) is 3.18. The second-order valence-corrected chi connectivity index (χ2v) is 5.95. The van der Waals surface area contributed by atoms with E-state index in [0.29, 0.717) is 24.3 Å². The molecule has 0 bridgehead atoms. The predicted molar refractivity (Wildman–Crippen MR) is 75.5 cm³/mol. The van der Waals surface area contributed by atoms with Crippen LogP contribution in [-0.4, -0.2) is 23.2 Å². The van der Waals surface area contributed by atoms with Crippen LogP contribution in [0, 0.1) is 0 Å². The van der Waals surface area contributed by atoms with E-state index >= 15 is 0 Å². The quantitative estimate of drug-likeness (QED) is 0.898. The second kappa shape index (κ2) is 4.79. The normalized spacial score (nSPS) is 16.1. The number of nitrogens with one attached hydrogen (secondary N) is 1. The molecule has 0 aliphatic heterocycles. The molecular weight excluding hydrogens is 258 g/mol. The third kappa shape index (κ3) is 2.55. The molecule has 0 atom stereocenters. The molecule has 1 amide bonds. The molecule has 3 rings (SSSR count). The van der Waals surface area contributed by atoms with Gasteiger partial charge in [0.1, 0.15) is 0 Å². The average Bonchev–Trinajstić information content (AvgIpc) is 3.02. The summed E-state index contributed by atoms with van der Waals surface area (Å²) >= 11 is 1.41. The summed E-state index contributed by atoms with van der Waals surface area (Å²) < 4.78 is 0. The summed E-state index contributed by atoms with van der Waals surface area (Å²) in [6.45, 7) is 0.290. The fraction of sp³-hybridized carbons (Fsp3) is 0.267. The fourth-order valence-electron chi connectivity index (χ4n) is 2.54. The highest BCUT2D eigenvalue weighted by atomic mass is 32.1. The number of carbonyl (C=O) groups excluding carboxylic acids is 1. The molecule has 0 saturated carbocycles. The number of hydrogen-bond donors (Lipinski definition) is 2. The Morgan fingerprint density at radius 2 is 1.89 bits per heavy atom. The summed E-state index contributed by atoms with van der Waals surface area (Å²) in [6.07, 6.45) is 1.21. The largest absolute Gasteiger partial charge is 0.387 e. The number of thiophene rings is 1. The number of hydrogen-bond acceptors (Lipinski definition) is 3. The number of aliphatic hydroxyl groups is 1. The van der Waals surface area contributed by atoms with Gasteiger partial charge in [0.05, 0.1) is 10.5 Å². The van der Waals surface area contributed by atoms with Crippen LogP contribution in [0.25, 0.3) is 0 Å². The van der Waals surface area contributed by atoms with Gasteiger partial charge >= 0.3 is 0 Å². The Hall–Kier alpha value is -1.65. The minimum Gasteiger partial charge on any atom is -0.387 e. The van der Waals surface area contributed by atoms with Crippen molar-refractivity contribution in [2.45, 2.75) is 18.4 Å². The van der Waals surface area contributed by atoms with Crippen LogP contribution in [-0.2, 0) is 12.8 Å². The van der Waals surface area contributed by atoms with Crippen LogP contribution in [0.3, 0.4) is 0 Å². The summed E-state index contributed by atoms with van der Waals surface area (Å²) in [6, 6.07) is 11.7. The lowest BCUT2D eigenvalue weighted by Crippen LogP contribution is -2.43. The van der Waals surface area contributed by atoms with Gasteiger partial charge in [-0.1, -0.05) is 30.3 Å². The van der Waals surface area contributed by atoms with Crippen molar-refractivity contribution in [3.8, 4) is 0 Å². The van der Waals surface area contributed by atoms with Crippen molar-refractivity contribution >= 4 is 17.2 Å². The number of amides is 1. The van der Waals surface area contributed by atoms with Crippen LogP contribution in [0.5, 0.6) is 0 Å². The maximum absolute atomic E-state index is 11.9. The molecule has 1 aliphatic carbocycles. The minimum absolute atomic E-state index is 0.112. The van der Waals surface area contributed by atoms with Gasteiger partial charge in [0.15, 0.2) is 0 Å². The molecule has 0 fully saturated rings. The molecule has 1 heterocycles. The zero-order valence-electron chi connectivity index (χ0n) is 10.4. The van der Waals surface area contributed by atoms with E-state index in [0.717, 1.165) is 0 Å². The first-order valence-electron chi connectivity index (χ1n) is 6.27. The summed E-state index contributed by atoms with van der Waals surface area (Å²) in [5, 5.41) is 15.2. The number of rotatable bonds is 3. The van der Waals surface area contributed by atoms with Gasteiger partial charge in [-0.25, -0.2) is 0 Å². The Labute approximate surface area is 115 Å². The smallest absolute Gasteiger partial charge is 0.261 e. The number of benzene rings is 1. The lowest BCUT2D eigenvalue weighted by molar-refractivity contribution is 0.0481. The number of carbonyl (C=O) groups is 1. The number of fused-ring (bicyclic) bond motifs is 1. The van der Waals surface area contributed by atoms with Crippen molar-refractivity contribution in [3.63, 3.8) is 0 Å². The Balaban J connectivity index is 1.64. The van der Waals surface area contributed by atoms with Gasteiger partial charge in [0.2, 0.25) is 0 Å². The zero-order valence-corrected chi connectivity index (χ0v) is 11.2. The van der Waals surface area contributed by atoms with Crippen LogP contribution in [0.2, 0.25) is 0 Å². The van der Waals surface area contributed by atoms with Crippen LogP contribution < -0.4 is 5.32 Å². The maximum atomic E-state index is 11.9. The van der Waals surface area contributed by atoms with Gasteiger partial charge in [-0.3, -0.25) is 4.79 Å². The standard InChI is InChI=1S/C15H15NO2S/c17-14(13-6-3-7-19-13)16-10-15(18)8-11-4-1-2-5-12(11)9-15/h1-7,18H,8-10H2,(H,16,17). The predicted octanol–water partition coefficient (Wildman–Crippen LogP) is 2.01. The highest BCUT2D eigenvalue weighted by molar-refractivity contribution is 7.12. The van der Waals surface area contributed by atoms with E-state index in [2.05, 4.69) is 5.32 Å². The summed E-state index contributed by atoms with van der Waals surface area (Å²) in [5.41, 5.74) is 1.50. The lowest BCUT2D eigenvalue weighted by atomic mass is 10.0. The third-order valence-corrected chi connectivity index (χ3v) is 4.35. The monoisotopic (exact) mass is 273 g/mol. The summed E-state index contributed by atoms with van der Waals surface area (Å²) in [4.78, 5) is 12.5. The van der Waals surface area contributed by atoms with Gasteiger partial charge in [0.25, 0.3) is 5.91 Å². The highest BCUT2D eigenvalue weighted by Gasteiger charge is 2.35. The summed E-state index contributed by atoms with van der Waals surface area (Å²) in [7, 11) is 0. The Kier molecular flexibility index (Phi) is 3.12. The van der Waals surface area contributed by atoms with Crippen LogP contribution in [0.4, 0.5) is 0 Å². The molecule has 1 aromatic heterocycles.